The largest absolute Gasteiger partial charge is 0.309 e. The molecular formula is C15H13BrN2S. The third-order valence-electron chi connectivity index (χ3n) is 3.22. The van der Waals surface area contributed by atoms with Crippen LogP contribution in [0.4, 0.5) is 0 Å². The van der Waals surface area contributed by atoms with Gasteiger partial charge < -0.3 is 5.32 Å². The van der Waals surface area contributed by atoms with E-state index in [0.29, 0.717) is 0 Å². The van der Waals surface area contributed by atoms with Crippen LogP contribution in [0.2, 0.25) is 0 Å². The van der Waals surface area contributed by atoms with Gasteiger partial charge in [-0.1, -0.05) is 18.2 Å². The average molecular weight is 333 g/mol. The van der Waals surface area contributed by atoms with E-state index in [1.54, 1.807) is 11.3 Å². The molecule has 3 aromatic rings. The molecule has 3 rings (SSSR count). The van der Waals surface area contributed by atoms with Crippen LogP contribution < -0.4 is 5.32 Å². The number of hydrogen-bond donors (Lipinski definition) is 1. The summed E-state index contributed by atoms with van der Waals surface area (Å²) in [6, 6.07) is 10.7. The molecule has 96 valence electrons. The van der Waals surface area contributed by atoms with Gasteiger partial charge in [0.25, 0.3) is 0 Å². The number of hydrogen-bond acceptors (Lipinski definition) is 3. The summed E-state index contributed by atoms with van der Waals surface area (Å²) < 4.78 is 1.16. The van der Waals surface area contributed by atoms with Crippen LogP contribution in [0.3, 0.4) is 0 Å². The maximum absolute atomic E-state index is 4.19. The molecule has 0 aliphatic carbocycles. The molecule has 0 saturated carbocycles. The van der Waals surface area contributed by atoms with Crippen molar-refractivity contribution in [1.82, 2.24) is 10.3 Å². The van der Waals surface area contributed by atoms with Crippen molar-refractivity contribution in [3.05, 3.63) is 63.0 Å². The highest BCUT2D eigenvalue weighted by Gasteiger charge is 2.18. The Bertz CT molecular complexity index is 703. The Morgan fingerprint density at radius 2 is 2.16 bits per heavy atom. The van der Waals surface area contributed by atoms with Crippen LogP contribution in [-0.4, -0.2) is 12.0 Å². The van der Waals surface area contributed by atoms with Gasteiger partial charge in [-0.05, 0) is 51.4 Å². The fraction of sp³-hybridized carbons (Fsp3) is 0.133. The lowest BCUT2D eigenvalue weighted by molar-refractivity contribution is 0.706. The van der Waals surface area contributed by atoms with Crippen molar-refractivity contribution < 1.29 is 0 Å². The van der Waals surface area contributed by atoms with Gasteiger partial charge >= 0.3 is 0 Å². The number of aromatic nitrogens is 1. The first-order valence-electron chi connectivity index (χ1n) is 6.04. The maximum atomic E-state index is 4.19. The van der Waals surface area contributed by atoms with Gasteiger partial charge in [-0.3, -0.25) is 4.98 Å². The molecular weight excluding hydrogens is 320 g/mol. The highest BCUT2D eigenvalue weighted by Crippen LogP contribution is 2.35. The van der Waals surface area contributed by atoms with E-state index in [1.165, 1.54) is 21.2 Å². The van der Waals surface area contributed by atoms with Gasteiger partial charge in [-0.2, -0.15) is 0 Å². The fourth-order valence-electron chi connectivity index (χ4n) is 2.34. The van der Waals surface area contributed by atoms with Gasteiger partial charge in [0.1, 0.15) is 0 Å². The van der Waals surface area contributed by atoms with Crippen LogP contribution in [0, 0.1) is 0 Å². The number of pyridine rings is 1. The van der Waals surface area contributed by atoms with Crippen LogP contribution in [0.1, 0.15) is 16.5 Å². The van der Waals surface area contributed by atoms with Crippen LogP contribution in [0.25, 0.3) is 10.8 Å². The third kappa shape index (κ3) is 2.31. The summed E-state index contributed by atoms with van der Waals surface area (Å²) >= 11 is 5.39. The van der Waals surface area contributed by atoms with Gasteiger partial charge in [-0.25, -0.2) is 0 Å². The molecule has 1 atom stereocenters. The number of benzene rings is 1. The zero-order valence-corrected chi connectivity index (χ0v) is 12.8. The standard InChI is InChI=1S/C15H13BrN2S/c1-17-14(15-13(16)6-8-19-15)12-4-2-3-10-9-18-7-5-11(10)12/h2-9,14,17H,1H3. The van der Waals surface area contributed by atoms with E-state index in [4.69, 9.17) is 0 Å². The van der Waals surface area contributed by atoms with E-state index in [0.717, 1.165) is 4.47 Å². The molecule has 2 aromatic heterocycles. The van der Waals surface area contributed by atoms with Crippen LogP contribution >= 0.6 is 27.3 Å². The summed E-state index contributed by atoms with van der Waals surface area (Å²) in [6.07, 6.45) is 3.76. The molecule has 0 bridgehead atoms. The van der Waals surface area contributed by atoms with Crippen molar-refractivity contribution in [1.29, 1.82) is 0 Å². The minimum atomic E-state index is 0.195. The lowest BCUT2D eigenvalue weighted by Gasteiger charge is -2.18. The van der Waals surface area contributed by atoms with E-state index in [9.17, 15) is 0 Å². The minimum absolute atomic E-state index is 0.195. The van der Waals surface area contributed by atoms with Gasteiger partial charge in [0.15, 0.2) is 0 Å². The molecule has 4 heteroatoms. The van der Waals surface area contributed by atoms with E-state index in [2.05, 4.69) is 61.9 Å². The Hall–Kier alpha value is -1.23. The van der Waals surface area contributed by atoms with Crippen LogP contribution in [0.15, 0.2) is 52.6 Å². The second kappa shape index (κ2) is 5.41. The average Bonchev–Trinajstić information content (AvgIpc) is 2.86. The van der Waals surface area contributed by atoms with Gasteiger partial charge in [0.05, 0.1) is 6.04 Å². The summed E-state index contributed by atoms with van der Waals surface area (Å²) in [5, 5.41) is 7.94. The van der Waals surface area contributed by atoms with Crippen molar-refractivity contribution >= 4 is 38.0 Å². The molecule has 0 fully saturated rings. The Morgan fingerprint density at radius 3 is 2.89 bits per heavy atom. The second-order valence-electron chi connectivity index (χ2n) is 4.30. The number of rotatable bonds is 3. The number of thiophene rings is 1. The summed E-state index contributed by atoms with van der Waals surface area (Å²) in [7, 11) is 2.00. The minimum Gasteiger partial charge on any atom is -0.309 e. The summed E-state index contributed by atoms with van der Waals surface area (Å²) in [6.45, 7) is 0. The molecule has 0 saturated heterocycles. The maximum Gasteiger partial charge on any atom is 0.0686 e. The molecule has 1 aromatic carbocycles. The predicted octanol–water partition coefficient (Wildman–Crippen LogP) is 4.37. The smallest absolute Gasteiger partial charge is 0.0686 e. The lowest BCUT2D eigenvalue weighted by Crippen LogP contribution is -2.17. The van der Waals surface area contributed by atoms with E-state index >= 15 is 0 Å². The Kier molecular flexibility index (Phi) is 3.64. The molecule has 0 amide bonds. The van der Waals surface area contributed by atoms with E-state index in [1.807, 2.05) is 19.4 Å². The van der Waals surface area contributed by atoms with Crippen molar-refractivity contribution in [2.75, 3.05) is 7.05 Å². The zero-order chi connectivity index (χ0) is 13.2. The van der Waals surface area contributed by atoms with Gasteiger partial charge in [0, 0.05) is 27.1 Å². The Balaban J connectivity index is 2.20. The van der Waals surface area contributed by atoms with E-state index < -0.39 is 0 Å². The predicted molar refractivity (Wildman–Crippen MR) is 84.7 cm³/mol. The van der Waals surface area contributed by atoms with Gasteiger partial charge in [-0.15, -0.1) is 11.3 Å². The molecule has 19 heavy (non-hydrogen) atoms. The van der Waals surface area contributed by atoms with E-state index in [-0.39, 0.29) is 6.04 Å². The number of halogens is 1. The third-order valence-corrected chi connectivity index (χ3v) is 5.16. The first-order chi connectivity index (χ1) is 9.31. The van der Waals surface area contributed by atoms with Gasteiger partial charge in [0.2, 0.25) is 0 Å². The van der Waals surface area contributed by atoms with Crippen molar-refractivity contribution in [3.63, 3.8) is 0 Å². The zero-order valence-electron chi connectivity index (χ0n) is 10.4. The number of nitrogens with one attached hydrogen (secondary N) is 1. The molecule has 1 N–H and O–H groups in total. The molecule has 0 aliphatic rings. The quantitative estimate of drug-likeness (QED) is 0.770. The summed E-state index contributed by atoms with van der Waals surface area (Å²) in [5.74, 6) is 0. The molecule has 1 unspecified atom stereocenters. The molecule has 0 spiro atoms. The fourth-order valence-corrected chi connectivity index (χ4v) is 4.07. The summed E-state index contributed by atoms with van der Waals surface area (Å²) in [4.78, 5) is 5.49. The SMILES string of the molecule is CNC(c1sccc1Br)c1cccc2cnccc12. The second-order valence-corrected chi connectivity index (χ2v) is 6.10. The molecule has 2 nitrogen and oxygen atoms in total. The number of fused-ring (bicyclic) bond motifs is 1. The summed E-state index contributed by atoms with van der Waals surface area (Å²) in [5.41, 5.74) is 1.28. The highest BCUT2D eigenvalue weighted by molar-refractivity contribution is 9.10. The highest BCUT2D eigenvalue weighted by atomic mass is 79.9. The van der Waals surface area contributed by atoms with Crippen molar-refractivity contribution in [2.24, 2.45) is 0 Å². The first kappa shape index (κ1) is 12.8. The lowest BCUT2D eigenvalue weighted by atomic mass is 9.99. The molecule has 2 heterocycles. The molecule has 0 radical (unpaired) electrons. The number of nitrogens with zero attached hydrogens (tertiary/aromatic N) is 1. The van der Waals surface area contributed by atoms with Crippen molar-refractivity contribution in [2.45, 2.75) is 6.04 Å². The monoisotopic (exact) mass is 332 g/mol. The topological polar surface area (TPSA) is 24.9 Å². The van der Waals surface area contributed by atoms with Crippen LogP contribution in [-0.2, 0) is 0 Å². The molecule has 0 aliphatic heterocycles. The Labute approximate surface area is 124 Å². The Morgan fingerprint density at radius 1 is 1.26 bits per heavy atom. The first-order valence-corrected chi connectivity index (χ1v) is 7.71. The normalized spacial score (nSPS) is 12.7. The van der Waals surface area contributed by atoms with Crippen molar-refractivity contribution in [3.8, 4) is 0 Å². The van der Waals surface area contributed by atoms with Crippen LogP contribution in [0.5, 0.6) is 0 Å².